The number of hydrazine groups is 1. The number of β-amino-alcohol motifs (C(OH)–C–C–N with tert-alkyl or cyclic N) is 1. The molecule has 0 spiro atoms. The van der Waals surface area contributed by atoms with Crippen LogP contribution in [-0.2, 0) is 14.4 Å². The third-order valence-electron chi connectivity index (χ3n) is 4.68. The van der Waals surface area contributed by atoms with Gasteiger partial charge in [-0.05, 0) is 37.1 Å². The van der Waals surface area contributed by atoms with E-state index in [1.165, 1.54) is 13.0 Å². The monoisotopic (exact) mass is 465 g/mol. The minimum absolute atomic E-state index is 0.0441. The summed E-state index contributed by atoms with van der Waals surface area (Å²) in [5.41, 5.74) is 0.395. The van der Waals surface area contributed by atoms with Crippen molar-refractivity contribution < 1.29 is 42.4 Å². The molecule has 0 aliphatic carbocycles. The fourth-order valence-corrected chi connectivity index (χ4v) is 3.17. The van der Waals surface area contributed by atoms with Crippen molar-refractivity contribution in [2.75, 3.05) is 13.1 Å². The molecule has 2 aliphatic heterocycles. The SMILES string of the molecule is Cc1cc2c(c(C)c1Cl)C=C(C(=O)OC(C)O/N=[N+](/[O-])N1CC(O)C1)[C@@H](C(F)(F)F)O2. The first-order valence-electron chi connectivity index (χ1n) is 9.11. The van der Waals surface area contributed by atoms with E-state index in [1.54, 1.807) is 13.8 Å². The Hall–Kier alpha value is -2.73. The number of ether oxygens (including phenoxy) is 2. The predicted molar refractivity (Wildman–Crippen MR) is 99.6 cm³/mol. The van der Waals surface area contributed by atoms with E-state index in [0.29, 0.717) is 16.1 Å². The number of nitrogens with zero attached hydrogens (tertiary/aromatic N) is 3. The third kappa shape index (κ3) is 4.79. The summed E-state index contributed by atoms with van der Waals surface area (Å²) in [7, 11) is 0. The van der Waals surface area contributed by atoms with E-state index in [-0.39, 0.29) is 29.4 Å². The first-order chi connectivity index (χ1) is 14.4. The maximum absolute atomic E-state index is 13.6. The van der Waals surface area contributed by atoms with Crippen LogP contribution in [0.25, 0.3) is 6.08 Å². The molecule has 1 fully saturated rings. The Morgan fingerprint density at radius 2 is 2.10 bits per heavy atom. The number of alkyl halides is 3. The summed E-state index contributed by atoms with van der Waals surface area (Å²) < 4.78 is 50.6. The lowest BCUT2D eigenvalue weighted by Gasteiger charge is -2.30. The number of aryl methyl sites for hydroxylation is 1. The van der Waals surface area contributed by atoms with Crippen LogP contribution in [0.15, 0.2) is 16.9 Å². The zero-order chi connectivity index (χ0) is 23.1. The van der Waals surface area contributed by atoms with Crippen molar-refractivity contribution in [3.63, 3.8) is 0 Å². The largest absolute Gasteiger partial charge is 0.569 e. The van der Waals surface area contributed by atoms with E-state index in [4.69, 9.17) is 31.0 Å². The molecule has 1 N–H and O–H groups in total. The quantitative estimate of drug-likeness (QED) is 0.234. The molecule has 9 nitrogen and oxygen atoms in total. The lowest BCUT2D eigenvalue weighted by atomic mass is 9.96. The summed E-state index contributed by atoms with van der Waals surface area (Å²) in [4.78, 5) is 17.2. The van der Waals surface area contributed by atoms with E-state index in [1.807, 2.05) is 0 Å². The van der Waals surface area contributed by atoms with Gasteiger partial charge in [0.15, 0.2) is 0 Å². The van der Waals surface area contributed by atoms with Gasteiger partial charge in [-0.15, -0.1) is 5.01 Å². The number of aliphatic hydroxyl groups is 1. The molecule has 1 aromatic carbocycles. The molecular weight excluding hydrogens is 447 g/mol. The Morgan fingerprint density at radius 1 is 1.45 bits per heavy atom. The molecular formula is C18H19ClF3N3O6. The second-order valence-corrected chi connectivity index (χ2v) is 7.50. The Balaban J connectivity index is 1.80. The topological polar surface area (TPSA) is 107 Å². The summed E-state index contributed by atoms with van der Waals surface area (Å²) in [5, 5.41) is 25.3. The highest BCUT2D eigenvalue weighted by atomic mass is 35.5. The van der Waals surface area contributed by atoms with Gasteiger partial charge in [-0.3, -0.25) is 4.84 Å². The first kappa shape index (κ1) is 22.9. The number of hydrogen-bond donors (Lipinski definition) is 1. The second kappa shape index (κ2) is 8.42. The minimum atomic E-state index is -4.90. The predicted octanol–water partition coefficient (Wildman–Crippen LogP) is 3.04. The summed E-state index contributed by atoms with van der Waals surface area (Å²) >= 11 is 6.17. The van der Waals surface area contributed by atoms with Gasteiger partial charge >= 0.3 is 12.1 Å². The maximum Gasteiger partial charge on any atom is 0.430 e. The molecule has 170 valence electrons. The summed E-state index contributed by atoms with van der Waals surface area (Å²) in [6.45, 7) is 4.47. The number of carbonyl (C=O) groups is 1. The van der Waals surface area contributed by atoms with Gasteiger partial charge in [0.2, 0.25) is 11.4 Å². The number of halogens is 4. The number of hydrogen-bond acceptors (Lipinski definition) is 7. The molecule has 0 bridgehead atoms. The van der Waals surface area contributed by atoms with Gasteiger partial charge in [-0.1, -0.05) is 11.6 Å². The van der Waals surface area contributed by atoms with Crippen molar-refractivity contribution in [2.24, 2.45) is 5.28 Å². The molecule has 0 aromatic heterocycles. The number of fused-ring (bicyclic) bond motifs is 1. The Kier molecular flexibility index (Phi) is 6.23. The molecule has 1 aromatic rings. The molecule has 2 heterocycles. The van der Waals surface area contributed by atoms with Crippen LogP contribution < -0.4 is 4.74 Å². The van der Waals surface area contributed by atoms with Gasteiger partial charge in [0.25, 0.3) is 6.29 Å². The van der Waals surface area contributed by atoms with Gasteiger partial charge in [0.05, 0.1) is 10.5 Å². The van der Waals surface area contributed by atoms with Crippen LogP contribution in [0.1, 0.15) is 23.6 Å². The van der Waals surface area contributed by atoms with E-state index in [9.17, 15) is 23.2 Å². The van der Waals surface area contributed by atoms with Crippen molar-refractivity contribution in [2.45, 2.75) is 45.4 Å². The fraction of sp³-hybridized carbons (Fsp3) is 0.500. The molecule has 0 radical (unpaired) electrons. The summed E-state index contributed by atoms with van der Waals surface area (Å²) in [5.74, 6) is -1.42. The van der Waals surface area contributed by atoms with E-state index in [0.717, 1.165) is 11.1 Å². The Morgan fingerprint density at radius 3 is 2.68 bits per heavy atom. The smallest absolute Gasteiger partial charge is 0.430 e. The van der Waals surface area contributed by atoms with Crippen molar-refractivity contribution in [3.05, 3.63) is 38.6 Å². The molecule has 2 aliphatic rings. The zero-order valence-electron chi connectivity index (χ0n) is 16.6. The van der Waals surface area contributed by atoms with Gasteiger partial charge in [0.1, 0.15) is 24.9 Å². The lowest BCUT2D eigenvalue weighted by molar-refractivity contribution is -0.728. The molecule has 0 saturated carbocycles. The molecule has 13 heteroatoms. The average molecular weight is 466 g/mol. The number of rotatable bonds is 5. The van der Waals surface area contributed by atoms with Crippen LogP contribution in [0.5, 0.6) is 5.75 Å². The molecule has 0 amide bonds. The number of carbonyl (C=O) groups excluding carboxylic acids is 1. The van der Waals surface area contributed by atoms with Crippen LogP contribution in [0, 0.1) is 19.1 Å². The standard InChI is InChI=1S/C18H19ClF3N3O6/c1-8-4-14-12(9(2)15(8)19)5-13(16(30-14)18(20,21)22)17(27)29-10(3)31-23-25(28)24-6-11(26)7-24/h4-5,10-11,16,26H,6-7H2,1-3H3/b25-23+/t10?,16-/m0/s1. The van der Waals surface area contributed by atoms with Gasteiger partial charge in [-0.2, -0.15) is 13.2 Å². The maximum atomic E-state index is 13.6. The zero-order valence-corrected chi connectivity index (χ0v) is 17.4. The minimum Gasteiger partial charge on any atom is -0.569 e. The fourth-order valence-electron chi connectivity index (χ4n) is 3.02. The number of benzene rings is 1. The van der Waals surface area contributed by atoms with Gasteiger partial charge in [0, 0.05) is 17.5 Å². The van der Waals surface area contributed by atoms with E-state index < -0.39 is 36.2 Å². The highest BCUT2D eigenvalue weighted by Gasteiger charge is 2.49. The summed E-state index contributed by atoms with van der Waals surface area (Å²) in [6.07, 6.45) is -8.58. The number of aliphatic hydroxyl groups excluding tert-OH is 1. The normalized spacial score (nSPS) is 20.3. The van der Waals surface area contributed by atoms with E-state index in [2.05, 4.69) is 5.28 Å². The van der Waals surface area contributed by atoms with Crippen LogP contribution in [0.3, 0.4) is 0 Å². The highest BCUT2D eigenvalue weighted by Crippen LogP contribution is 2.41. The average Bonchev–Trinajstić information content (AvgIpc) is 2.66. The third-order valence-corrected chi connectivity index (χ3v) is 5.26. The lowest BCUT2D eigenvalue weighted by Crippen LogP contribution is -2.53. The van der Waals surface area contributed by atoms with Crippen LogP contribution in [0.2, 0.25) is 5.02 Å². The first-order valence-corrected chi connectivity index (χ1v) is 9.49. The molecule has 2 atom stereocenters. The van der Waals surface area contributed by atoms with Crippen LogP contribution in [0.4, 0.5) is 13.2 Å². The molecule has 3 rings (SSSR count). The Labute approximate surface area is 179 Å². The van der Waals surface area contributed by atoms with Crippen LogP contribution >= 0.6 is 11.6 Å². The van der Waals surface area contributed by atoms with E-state index >= 15 is 0 Å². The van der Waals surface area contributed by atoms with Crippen molar-refractivity contribution >= 4 is 23.6 Å². The van der Waals surface area contributed by atoms with Crippen molar-refractivity contribution in [3.8, 4) is 5.75 Å². The van der Waals surface area contributed by atoms with Gasteiger partial charge in [-0.25, -0.2) is 4.79 Å². The second-order valence-electron chi connectivity index (χ2n) is 7.12. The molecule has 1 unspecified atom stereocenters. The molecule has 1 saturated heterocycles. The molecule has 31 heavy (non-hydrogen) atoms. The van der Waals surface area contributed by atoms with Crippen molar-refractivity contribution in [1.29, 1.82) is 0 Å². The van der Waals surface area contributed by atoms with Gasteiger partial charge < -0.3 is 19.8 Å². The Bertz CT molecular complexity index is 946. The number of esters is 1. The van der Waals surface area contributed by atoms with Crippen molar-refractivity contribution in [1.82, 2.24) is 5.01 Å². The highest BCUT2D eigenvalue weighted by molar-refractivity contribution is 6.32. The van der Waals surface area contributed by atoms with Crippen LogP contribution in [-0.4, -0.2) is 58.8 Å². The summed E-state index contributed by atoms with van der Waals surface area (Å²) in [6, 6.07) is 1.36.